The number of halogens is 1. The number of carbonyl (C=O) groups is 2. The smallest absolute Gasteiger partial charge is 0.264 e. The Bertz CT molecular complexity index is 1630. The zero-order valence-corrected chi connectivity index (χ0v) is 28.2. The van der Waals surface area contributed by atoms with Crippen LogP contribution in [0.3, 0.4) is 0 Å². The molecule has 5 atom stereocenters. The number of sulfonamides is 1. The number of fused-ring (bicyclic) bond motifs is 4. The highest BCUT2D eigenvalue weighted by Crippen LogP contribution is 2.46. The number of aryl methyl sites for hydroxylation is 1. The van der Waals surface area contributed by atoms with Crippen molar-refractivity contribution in [3.05, 3.63) is 70.3 Å². The first-order chi connectivity index (χ1) is 22.0. The van der Waals surface area contributed by atoms with Gasteiger partial charge in [-0.15, -0.1) is 0 Å². The number of allylic oxidation sites excluding steroid dienone is 1. The number of amides is 2. The largest absolute Gasteiger partial charge is 0.490 e. The minimum absolute atomic E-state index is 0.0467. The Morgan fingerprint density at radius 3 is 2.76 bits per heavy atom. The van der Waals surface area contributed by atoms with E-state index in [0.717, 1.165) is 42.8 Å². The Morgan fingerprint density at radius 1 is 1.17 bits per heavy atom. The molecule has 0 radical (unpaired) electrons. The lowest BCUT2D eigenvalue weighted by molar-refractivity contribution is -0.128. The third kappa shape index (κ3) is 6.66. The van der Waals surface area contributed by atoms with Crippen molar-refractivity contribution in [1.82, 2.24) is 9.62 Å². The summed E-state index contributed by atoms with van der Waals surface area (Å²) in [5, 5.41) is 11.0. The second kappa shape index (κ2) is 13.2. The molecule has 0 unspecified atom stereocenters. The second-order valence-corrected chi connectivity index (χ2v) is 16.1. The summed E-state index contributed by atoms with van der Waals surface area (Å²) in [4.78, 5) is 29.6. The predicted molar refractivity (Wildman–Crippen MR) is 179 cm³/mol. The monoisotopic (exact) mass is 669 g/mol. The van der Waals surface area contributed by atoms with Crippen molar-refractivity contribution in [2.45, 2.75) is 74.6 Å². The van der Waals surface area contributed by atoms with Crippen LogP contribution < -0.4 is 14.4 Å². The summed E-state index contributed by atoms with van der Waals surface area (Å²) in [6.07, 6.45) is 8.53. The third-order valence-electron chi connectivity index (χ3n) is 10.5. The number of hydrogen-bond donors (Lipinski definition) is 2. The first-order valence-electron chi connectivity index (χ1n) is 16.4. The molecule has 2 N–H and O–H groups in total. The highest BCUT2D eigenvalue weighted by molar-refractivity contribution is 7.90. The fourth-order valence-electron chi connectivity index (χ4n) is 7.70. The molecule has 2 bridgehead atoms. The Labute approximate surface area is 277 Å². The number of nitrogens with zero attached hydrogens (tertiary/aromatic N) is 2. The summed E-state index contributed by atoms with van der Waals surface area (Å²) < 4.78 is 36.0. The van der Waals surface area contributed by atoms with Gasteiger partial charge in [0.1, 0.15) is 5.75 Å². The highest BCUT2D eigenvalue weighted by atomic mass is 35.5. The average Bonchev–Trinajstić information content (AvgIpc) is 3.14. The summed E-state index contributed by atoms with van der Waals surface area (Å²) in [6.45, 7) is 1.81. The average molecular weight is 670 g/mol. The van der Waals surface area contributed by atoms with Crippen LogP contribution in [0.15, 0.2) is 48.6 Å². The summed E-state index contributed by atoms with van der Waals surface area (Å²) in [6, 6.07) is 11.2. The molecule has 4 aliphatic rings. The van der Waals surface area contributed by atoms with E-state index >= 15 is 0 Å². The molecule has 6 rings (SSSR count). The van der Waals surface area contributed by atoms with Gasteiger partial charge >= 0.3 is 0 Å². The number of anilines is 1. The molecule has 1 fully saturated rings. The van der Waals surface area contributed by atoms with Gasteiger partial charge in [-0.25, -0.2) is 13.1 Å². The second-order valence-electron chi connectivity index (χ2n) is 13.7. The summed E-state index contributed by atoms with van der Waals surface area (Å²) in [5.41, 5.74) is 3.15. The van der Waals surface area contributed by atoms with Gasteiger partial charge < -0.3 is 19.6 Å². The maximum Gasteiger partial charge on any atom is 0.264 e. The molecule has 2 amide bonds. The van der Waals surface area contributed by atoms with Crippen molar-refractivity contribution in [3.63, 3.8) is 0 Å². The molecule has 9 nitrogen and oxygen atoms in total. The van der Waals surface area contributed by atoms with Crippen molar-refractivity contribution in [2.24, 2.45) is 11.8 Å². The number of carbonyl (C=O) groups excluding carboxylic acids is 2. The van der Waals surface area contributed by atoms with Crippen LogP contribution in [-0.4, -0.2) is 75.4 Å². The van der Waals surface area contributed by atoms with Crippen molar-refractivity contribution in [1.29, 1.82) is 0 Å². The van der Waals surface area contributed by atoms with E-state index in [1.165, 1.54) is 16.0 Å². The van der Waals surface area contributed by atoms with Gasteiger partial charge in [0.15, 0.2) is 0 Å². The molecule has 0 saturated heterocycles. The Balaban J connectivity index is 1.37. The Morgan fingerprint density at radius 2 is 2.00 bits per heavy atom. The van der Waals surface area contributed by atoms with Gasteiger partial charge in [0, 0.05) is 49.6 Å². The fraction of sp³-hybridized carbons (Fsp3) is 0.543. The molecular weight excluding hydrogens is 626 g/mol. The van der Waals surface area contributed by atoms with Crippen LogP contribution in [0.5, 0.6) is 5.75 Å². The topological polar surface area (TPSA) is 116 Å². The maximum atomic E-state index is 13.6. The van der Waals surface area contributed by atoms with E-state index in [0.29, 0.717) is 31.9 Å². The number of aliphatic hydroxyl groups is 1. The van der Waals surface area contributed by atoms with Gasteiger partial charge in [-0.2, -0.15) is 0 Å². The Hall–Kier alpha value is -3.08. The maximum absolute atomic E-state index is 13.6. The zero-order chi connectivity index (χ0) is 32.6. The van der Waals surface area contributed by atoms with Crippen molar-refractivity contribution in [2.75, 3.05) is 38.7 Å². The van der Waals surface area contributed by atoms with Crippen LogP contribution in [0.25, 0.3) is 0 Å². The Kier molecular flexibility index (Phi) is 9.43. The van der Waals surface area contributed by atoms with Crippen LogP contribution in [0.2, 0.25) is 5.02 Å². The summed E-state index contributed by atoms with van der Waals surface area (Å²) in [5.74, 6) is 0.0844. The molecule has 1 saturated carbocycles. The molecule has 1 spiro atoms. The van der Waals surface area contributed by atoms with Crippen LogP contribution >= 0.6 is 11.6 Å². The first kappa shape index (κ1) is 32.8. The number of rotatable bonds is 3. The van der Waals surface area contributed by atoms with Gasteiger partial charge in [-0.05, 0) is 105 Å². The van der Waals surface area contributed by atoms with Crippen LogP contribution in [0.1, 0.15) is 72.9 Å². The molecule has 2 aliphatic heterocycles. The third-order valence-corrected chi connectivity index (χ3v) is 12.6. The number of benzene rings is 2. The number of hydrogen-bond acceptors (Lipinski definition) is 7. The lowest BCUT2D eigenvalue weighted by Gasteiger charge is -2.45. The van der Waals surface area contributed by atoms with Gasteiger partial charge in [0.25, 0.3) is 5.91 Å². The number of nitrogens with one attached hydrogen (secondary N) is 1. The van der Waals surface area contributed by atoms with Gasteiger partial charge in [-0.3, -0.25) is 9.59 Å². The van der Waals surface area contributed by atoms with Crippen LogP contribution in [0.4, 0.5) is 5.69 Å². The molecule has 11 heteroatoms. The minimum Gasteiger partial charge on any atom is -0.490 e. The van der Waals surface area contributed by atoms with Crippen molar-refractivity contribution < 1.29 is 27.9 Å². The number of ether oxygens (including phenoxy) is 1. The lowest BCUT2D eigenvalue weighted by atomic mass is 9.68. The molecule has 2 aromatic rings. The van der Waals surface area contributed by atoms with Crippen molar-refractivity contribution >= 4 is 39.1 Å². The van der Waals surface area contributed by atoms with E-state index in [9.17, 15) is 23.1 Å². The van der Waals surface area contributed by atoms with E-state index in [2.05, 4.69) is 21.8 Å². The predicted octanol–water partition coefficient (Wildman–Crippen LogP) is 4.85. The summed E-state index contributed by atoms with van der Waals surface area (Å²) in [7, 11) is -0.855. The highest BCUT2D eigenvalue weighted by Gasteiger charge is 2.44. The van der Waals surface area contributed by atoms with Gasteiger partial charge in [0.05, 0.1) is 23.6 Å². The molecule has 248 valence electrons. The van der Waals surface area contributed by atoms with E-state index in [1.54, 1.807) is 38.4 Å². The molecule has 46 heavy (non-hydrogen) atoms. The molecule has 2 aromatic carbocycles. The molecular formula is C35H44ClN3O6S. The quantitative estimate of drug-likeness (QED) is 0.449. The molecule has 0 aromatic heterocycles. The van der Waals surface area contributed by atoms with Crippen molar-refractivity contribution in [3.8, 4) is 5.75 Å². The van der Waals surface area contributed by atoms with E-state index < -0.39 is 27.3 Å². The van der Waals surface area contributed by atoms with E-state index in [1.807, 2.05) is 12.1 Å². The van der Waals surface area contributed by atoms with E-state index in [4.69, 9.17) is 16.3 Å². The standard InChI is InChI=1S/C35H44ClN3O6S/c1-38(2)33(41)16-12-27-7-3-4-8-31(40)28-13-9-25(28)20-39-21-35(17-5-6-23-18-26(36)11-14-29(23)35)22-45-32-15-10-24(19-30(32)39)34(42)37-46(27,43)44/h4,8,10-11,14-15,18-19,25,27-28,31,40H,3,5-7,9,12-13,16-17,20-22H2,1-2H3,(H,37,42)/b8-4-/t25-,27-,28+,31-,35-/m0/s1. The first-order valence-corrected chi connectivity index (χ1v) is 18.3. The van der Waals surface area contributed by atoms with Crippen LogP contribution in [-0.2, 0) is 26.7 Å². The summed E-state index contributed by atoms with van der Waals surface area (Å²) >= 11 is 6.40. The van der Waals surface area contributed by atoms with Gasteiger partial charge in [0.2, 0.25) is 15.9 Å². The molecule has 2 aliphatic carbocycles. The van der Waals surface area contributed by atoms with Crippen LogP contribution in [0, 0.1) is 11.8 Å². The minimum atomic E-state index is -4.12. The normalized spacial score (nSPS) is 29.7. The van der Waals surface area contributed by atoms with E-state index in [-0.39, 0.29) is 48.0 Å². The SMILES string of the molecule is CN(C)C(=O)CC[C@@H]1CC/C=C\[C@H](O)[C@@H]2CC[C@H]2CN2C[C@@]3(CCCc4cc(Cl)ccc43)COc3ccc(cc32)C(=O)NS1(=O)=O. The van der Waals surface area contributed by atoms with Gasteiger partial charge in [-0.1, -0.05) is 29.8 Å². The number of aliphatic hydroxyl groups excluding tert-OH is 1. The molecule has 2 heterocycles. The fourth-order valence-corrected chi connectivity index (χ4v) is 9.32. The zero-order valence-electron chi connectivity index (χ0n) is 26.6. The lowest BCUT2D eigenvalue weighted by Crippen LogP contribution is -2.49.